The van der Waals surface area contributed by atoms with Crippen molar-refractivity contribution in [2.75, 3.05) is 46.8 Å². The number of phenols is 1. The van der Waals surface area contributed by atoms with Crippen molar-refractivity contribution in [3.05, 3.63) is 35.9 Å². The Labute approximate surface area is 191 Å². The third-order valence-corrected chi connectivity index (χ3v) is 10.3. The predicted octanol–water partition coefficient (Wildman–Crippen LogP) is 4.77. The van der Waals surface area contributed by atoms with E-state index in [4.69, 9.17) is 23.4 Å². The monoisotopic (exact) mass is 464 g/mol. The summed E-state index contributed by atoms with van der Waals surface area (Å²) in [5, 5.41) is 11.8. The molecule has 0 saturated heterocycles. The van der Waals surface area contributed by atoms with E-state index in [1.165, 1.54) is 13.2 Å². The van der Waals surface area contributed by atoms with Crippen LogP contribution in [-0.2, 0) is 18.6 Å². The Morgan fingerprint density at radius 1 is 0.969 bits per heavy atom. The topological polar surface area (TPSA) is 83.5 Å². The Balaban J connectivity index is 1.69. The maximum Gasteiger partial charge on any atom is 0.341 e. The van der Waals surface area contributed by atoms with Gasteiger partial charge in [0, 0.05) is 5.39 Å². The lowest BCUT2D eigenvalue weighted by Crippen LogP contribution is -2.41. The summed E-state index contributed by atoms with van der Waals surface area (Å²) in [5.74, 6) is -0.124. The van der Waals surface area contributed by atoms with Crippen LogP contribution in [0.4, 0.5) is 0 Å². The molecule has 0 atom stereocenters. The summed E-state index contributed by atoms with van der Waals surface area (Å²) in [7, 11) is -0.446. The molecule has 0 saturated carbocycles. The Morgan fingerprint density at radius 3 is 2.22 bits per heavy atom. The molecule has 2 rings (SSSR count). The number of rotatable bonds is 12. The zero-order valence-electron chi connectivity index (χ0n) is 20.0. The summed E-state index contributed by atoms with van der Waals surface area (Å²) >= 11 is 0. The normalized spacial score (nSPS) is 12.2. The zero-order valence-corrected chi connectivity index (χ0v) is 21.0. The fraction of sp³-hybridized carbons (Fsp3) is 0.542. The molecule has 0 fully saturated rings. The Bertz CT molecular complexity index is 890. The molecule has 0 amide bonds. The molecule has 0 radical (unpaired) electrons. The van der Waals surface area contributed by atoms with Crippen molar-refractivity contribution < 1.29 is 33.3 Å². The number of esters is 1. The van der Waals surface area contributed by atoms with Gasteiger partial charge in [0.25, 0.3) is 0 Å². The van der Waals surface area contributed by atoms with Gasteiger partial charge < -0.3 is 28.5 Å². The minimum Gasteiger partial charge on any atom is -0.507 e. The largest absolute Gasteiger partial charge is 0.507 e. The average Bonchev–Trinajstić information content (AvgIpc) is 2.73. The van der Waals surface area contributed by atoms with Gasteiger partial charge in [-0.3, -0.25) is 0 Å². The summed E-state index contributed by atoms with van der Waals surface area (Å²) in [6.07, 6.45) is 0. The maximum atomic E-state index is 11.8. The molecule has 8 heteroatoms. The molecular weight excluding hydrogens is 428 g/mol. The number of methoxy groups -OCH3 is 1. The number of phenolic OH excluding ortho intramolecular Hbond substituents is 1. The molecule has 0 spiro atoms. The van der Waals surface area contributed by atoms with Crippen LogP contribution >= 0.6 is 0 Å². The lowest BCUT2D eigenvalue weighted by Gasteiger charge is -2.36. The highest BCUT2D eigenvalue weighted by Crippen LogP contribution is 2.36. The Morgan fingerprint density at radius 2 is 1.59 bits per heavy atom. The van der Waals surface area contributed by atoms with Gasteiger partial charge in [-0.25, -0.2) is 4.79 Å². The van der Waals surface area contributed by atoms with Crippen molar-refractivity contribution in [1.82, 2.24) is 0 Å². The average molecular weight is 465 g/mol. The summed E-state index contributed by atoms with van der Waals surface area (Å²) in [4.78, 5) is 11.8. The van der Waals surface area contributed by atoms with E-state index in [2.05, 4.69) is 33.9 Å². The van der Waals surface area contributed by atoms with Gasteiger partial charge in [0.15, 0.2) is 8.32 Å². The highest BCUT2D eigenvalue weighted by Gasteiger charge is 2.36. The number of carbonyl (C=O) groups excluding carboxylic acids is 1. The van der Waals surface area contributed by atoms with Gasteiger partial charge >= 0.3 is 5.97 Å². The van der Waals surface area contributed by atoms with Crippen LogP contribution in [0.15, 0.2) is 30.3 Å². The molecule has 2 aromatic rings. The minimum absolute atomic E-state index is 0.121. The van der Waals surface area contributed by atoms with Crippen LogP contribution in [-0.4, -0.2) is 66.1 Å². The van der Waals surface area contributed by atoms with Crippen LogP contribution in [0.1, 0.15) is 31.1 Å². The number of hydrogen-bond donors (Lipinski definition) is 1. The van der Waals surface area contributed by atoms with E-state index in [0.717, 1.165) is 5.39 Å². The van der Waals surface area contributed by atoms with Crippen molar-refractivity contribution in [2.24, 2.45) is 0 Å². The van der Waals surface area contributed by atoms with Gasteiger partial charge in [0.1, 0.15) is 23.7 Å². The molecule has 0 aliphatic carbocycles. The van der Waals surface area contributed by atoms with Crippen LogP contribution in [0, 0.1) is 0 Å². The van der Waals surface area contributed by atoms with E-state index in [9.17, 15) is 9.90 Å². The first-order valence-electron chi connectivity index (χ1n) is 10.8. The molecule has 0 aromatic heterocycles. The van der Waals surface area contributed by atoms with E-state index in [-0.39, 0.29) is 16.4 Å². The third kappa shape index (κ3) is 7.20. The van der Waals surface area contributed by atoms with E-state index >= 15 is 0 Å². The van der Waals surface area contributed by atoms with Crippen LogP contribution in [0.3, 0.4) is 0 Å². The summed E-state index contributed by atoms with van der Waals surface area (Å²) in [6, 6.07) is 8.58. The van der Waals surface area contributed by atoms with E-state index in [1.54, 1.807) is 6.07 Å². The first-order chi connectivity index (χ1) is 15.1. The zero-order chi connectivity index (χ0) is 23.8. The van der Waals surface area contributed by atoms with Gasteiger partial charge in [-0.1, -0.05) is 32.9 Å². The van der Waals surface area contributed by atoms with Gasteiger partial charge in [-0.2, -0.15) is 0 Å². The Kier molecular flexibility index (Phi) is 9.51. The molecule has 7 nitrogen and oxygen atoms in total. The first-order valence-corrected chi connectivity index (χ1v) is 13.7. The lowest BCUT2D eigenvalue weighted by atomic mass is 10.1. The molecular formula is C24H36O7Si. The van der Waals surface area contributed by atoms with Crippen molar-refractivity contribution in [1.29, 1.82) is 0 Å². The molecule has 1 N–H and O–H groups in total. The second-order valence-electron chi connectivity index (χ2n) is 9.02. The van der Waals surface area contributed by atoms with Crippen molar-refractivity contribution in [3.8, 4) is 11.5 Å². The first kappa shape index (κ1) is 26.1. The van der Waals surface area contributed by atoms with E-state index in [1.807, 2.05) is 18.2 Å². The SMILES string of the molecule is COC(=O)c1cc2cccc(OCCOCCOCCO[Si](C)(C)C(C)(C)C)c2cc1O. The molecule has 0 unspecified atom stereocenters. The Hall–Kier alpha value is -2.13. The maximum absolute atomic E-state index is 11.8. The molecule has 0 aliphatic rings. The summed E-state index contributed by atoms with van der Waals surface area (Å²) in [5.41, 5.74) is 0.121. The van der Waals surface area contributed by atoms with E-state index < -0.39 is 14.3 Å². The van der Waals surface area contributed by atoms with E-state index in [0.29, 0.717) is 50.8 Å². The number of carbonyl (C=O) groups is 1. The summed E-state index contributed by atoms with van der Waals surface area (Å²) < 4.78 is 27.7. The summed E-state index contributed by atoms with van der Waals surface area (Å²) in [6.45, 7) is 14.0. The fourth-order valence-electron chi connectivity index (χ4n) is 2.79. The number of benzene rings is 2. The molecule has 0 bridgehead atoms. The van der Waals surface area contributed by atoms with Gasteiger partial charge in [0.05, 0.1) is 40.1 Å². The highest BCUT2D eigenvalue weighted by molar-refractivity contribution is 6.74. The van der Waals surface area contributed by atoms with Crippen LogP contribution < -0.4 is 4.74 Å². The molecule has 0 aliphatic heterocycles. The van der Waals surface area contributed by atoms with Crippen molar-refractivity contribution in [2.45, 2.75) is 38.9 Å². The molecule has 32 heavy (non-hydrogen) atoms. The van der Waals surface area contributed by atoms with Crippen molar-refractivity contribution in [3.63, 3.8) is 0 Å². The third-order valence-electron chi connectivity index (χ3n) is 5.72. The molecule has 2 aromatic carbocycles. The standard InChI is InChI=1S/C24H36O7Si/c1-24(2,3)32(5,6)31-15-13-29-11-10-28-12-14-30-22-9-7-8-18-16-20(23(26)27-4)21(25)17-19(18)22/h7-9,16-17,25H,10-15H2,1-6H3. The predicted molar refractivity (Wildman–Crippen MR) is 127 cm³/mol. The quantitative estimate of drug-likeness (QED) is 0.275. The van der Waals surface area contributed by atoms with Crippen molar-refractivity contribution >= 4 is 25.1 Å². The highest BCUT2D eigenvalue weighted by atomic mass is 28.4. The second kappa shape index (κ2) is 11.6. The second-order valence-corrected chi connectivity index (χ2v) is 13.8. The number of ether oxygens (including phenoxy) is 4. The van der Waals surface area contributed by atoms with Crippen LogP contribution in [0.2, 0.25) is 18.1 Å². The minimum atomic E-state index is -1.72. The molecule has 178 valence electrons. The van der Waals surface area contributed by atoms with Crippen LogP contribution in [0.25, 0.3) is 10.8 Å². The smallest absolute Gasteiger partial charge is 0.341 e. The fourth-order valence-corrected chi connectivity index (χ4v) is 3.82. The number of fused-ring (bicyclic) bond motifs is 1. The van der Waals surface area contributed by atoms with Gasteiger partial charge in [-0.15, -0.1) is 0 Å². The molecule has 0 heterocycles. The van der Waals surface area contributed by atoms with Crippen LogP contribution in [0.5, 0.6) is 11.5 Å². The number of hydrogen-bond acceptors (Lipinski definition) is 7. The number of aromatic hydroxyl groups is 1. The van der Waals surface area contributed by atoms with Gasteiger partial charge in [0.2, 0.25) is 0 Å². The lowest BCUT2D eigenvalue weighted by molar-refractivity contribution is 0.0261. The van der Waals surface area contributed by atoms with Gasteiger partial charge in [-0.05, 0) is 41.7 Å².